The number of nitrogens with two attached hydrogens (primary N) is 1. The Hall–Kier alpha value is -1.22. The van der Waals surface area contributed by atoms with Crippen LogP contribution in [0, 0.1) is 6.92 Å². The summed E-state index contributed by atoms with van der Waals surface area (Å²) in [5.74, 6) is 0.459. The monoisotopic (exact) mass is 182 g/mol. The first-order chi connectivity index (χ1) is 5.70. The Morgan fingerprint density at radius 2 is 2.33 bits per heavy atom. The van der Waals surface area contributed by atoms with Crippen molar-refractivity contribution in [3.63, 3.8) is 0 Å². The van der Waals surface area contributed by atoms with Crippen LogP contribution in [0.5, 0.6) is 0 Å². The molecule has 0 radical (unpaired) electrons. The van der Waals surface area contributed by atoms with E-state index in [9.17, 15) is 0 Å². The highest BCUT2D eigenvalue weighted by atomic mass is 35.5. The molecule has 0 atom stereocenters. The molecule has 0 saturated heterocycles. The molecule has 0 amide bonds. The number of fused-ring (bicyclic) bond motifs is 1. The maximum atomic E-state index is 5.83. The number of anilines is 1. The van der Waals surface area contributed by atoms with Crippen molar-refractivity contribution >= 4 is 28.4 Å². The molecule has 12 heavy (non-hydrogen) atoms. The topological polar surface area (TPSA) is 52.0 Å². The fourth-order valence-corrected chi connectivity index (χ4v) is 1.38. The molecule has 2 N–H and O–H groups in total. The van der Waals surface area contributed by atoms with E-state index in [2.05, 4.69) is 4.98 Å². The van der Waals surface area contributed by atoms with Gasteiger partial charge in [0.25, 0.3) is 0 Å². The number of aryl methyl sites for hydroxylation is 1. The van der Waals surface area contributed by atoms with Crippen molar-refractivity contribution in [1.82, 2.24) is 4.98 Å². The van der Waals surface area contributed by atoms with Crippen LogP contribution in [0.4, 0.5) is 5.82 Å². The summed E-state index contributed by atoms with van der Waals surface area (Å²) < 4.78 is 5.21. The Morgan fingerprint density at radius 3 is 3.00 bits per heavy atom. The number of furan rings is 1. The molecule has 0 aromatic carbocycles. The predicted octanol–water partition coefficient (Wildman–Crippen LogP) is 2.37. The summed E-state index contributed by atoms with van der Waals surface area (Å²) in [5.41, 5.74) is 7.21. The number of nitrogen functional groups attached to an aromatic ring is 1. The minimum absolute atomic E-state index is 0.459. The SMILES string of the molecule is Cc1coc2c(Cl)cnc(N)c12. The first-order valence-electron chi connectivity index (χ1n) is 3.48. The summed E-state index contributed by atoms with van der Waals surface area (Å²) in [6, 6.07) is 0. The summed E-state index contributed by atoms with van der Waals surface area (Å²) in [7, 11) is 0. The fourth-order valence-electron chi connectivity index (χ4n) is 1.19. The number of hydrogen-bond acceptors (Lipinski definition) is 3. The highest BCUT2D eigenvalue weighted by Gasteiger charge is 2.09. The average Bonchev–Trinajstić information content (AvgIpc) is 2.42. The molecular formula is C8H7ClN2O. The molecule has 0 aliphatic carbocycles. The van der Waals surface area contributed by atoms with E-state index in [4.69, 9.17) is 21.8 Å². The quantitative estimate of drug-likeness (QED) is 0.681. The van der Waals surface area contributed by atoms with Gasteiger partial charge >= 0.3 is 0 Å². The van der Waals surface area contributed by atoms with Gasteiger partial charge in [-0.2, -0.15) is 0 Å². The summed E-state index contributed by atoms with van der Waals surface area (Å²) >= 11 is 5.83. The smallest absolute Gasteiger partial charge is 0.157 e. The molecule has 0 bridgehead atoms. The van der Waals surface area contributed by atoms with Gasteiger partial charge in [-0.1, -0.05) is 11.6 Å². The Bertz CT molecular complexity index is 436. The van der Waals surface area contributed by atoms with Gasteiger partial charge in [-0.05, 0) is 12.5 Å². The number of halogens is 1. The summed E-state index contributed by atoms with van der Waals surface area (Å²) in [4.78, 5) is 3.93. The zero-order valence-electron chi connectivity index (χ0n) is 6.47. The number of rotatable bonds is 0. The Kier molecular flexibility index (Phi) is 1.48. The highest BCUT2D eigenvalue weighted by molar-refractivity contribution is 6.35. The molecule has 0 aliphatic heterocycles. The lowest BCUT2D eigenvalue weighted by atomic mass is 10.2. The lowest BCUT2D eigenvalue weighted by molar-refractivity contribution is 0.613. The van der Waals surface area contributed by atoms with Crippen molar-refractivity contribution in [2.24, 2.45) is 0 Å². The predicted molar refractivity (Wildman–Crippen MR) is 48.2 cm³/mol. The van der Waals surface area contributed by atoms with Crippen LogP contribution in [0.25, 0.3) is 11.0 Å². The van der Waals surface area contributed by atoms with E-state index in [1.165, 1.54) is 6.20 Å². The van der Waals surface area contributed by atoms with Crippen LogP contribution in [0.2, 0.25) is 5.02 Å². The van der Waals surface area contributed by atoms with Gasteiger partial charge in [-0.3, -0.25) is 0 Å². The number of aromatic nitrogens is 1. The Balaban J connectivity index is 2.98. The summed E-state index contributed by atoms with van der Waals surface area (Å²) in [5, 5.41) is 1.30. The first-order valence-corrected chi connectivity index (χ1v) is 3.85. The molecule has 0 fully saturated rings. The molecular weight excluding hydrogens is 176 g/mol. The third-order valence-corrected chi connectivity index (χ3v) is 2.03. The zero-order chi connectivity index (χ0) is 8.72. The van der Waals surface area contributed by atoms with Crippen molar-refractivity contribution < 1.29 is 4.42 Å². The second kappa shape index (κ2) is 2.38. The van der Waals surface area contributed by atoms with Crippen LogP contribution in [0.15, 0.2) is 16.9 Å². The molecule has 0 aliphatic rings. The normalized spacial score (nSPS) is 10.8. The van der Waals surface area contributed by atoms with Crippen molar-refractivity contribution in [2.75, 3.05) is 5.73 Å². The molecule has 3 nitrogen and oxygen atoms in total. The van der Waals surface area contributed by atoms with Crippen molar-refractivity contribution in [3.05, 3.63) is 23.0 Å². The number of hydrogen-bond donors (Lipinski definition) is 1. The summed E-state index contributed by atoms with van der Waals surface area (Å²) in [6.45, 7) is 1.90. The van der Waals surface area contributed by atoms with Gasteiger partial charge in [0.2, 0.25) is 0 Å². The zero-order valence-corrected chi connectivity index (χ0v) is 7.22. The van der Waals surface area contributed by atoms with Gasteiger partial charge < -0.3 is 10.2 Å². The van der Waals surface area contributed by atoms with E-state index in [1.807, 2.05) is 6.92 Å². The van der Waals surface area contributed by atoms with Crippen LogP contribution < -0.4 is 5.73 Å². The van der Waals surface area contributed by atoms with Crippen LogP contribution in [0.1, 0.15) is 5.56 Å². The third kappa shape index (κ3) is 0.865. The van der Waals surface area contributed by atoms with Gasteiger partial charge in [0.1, 0.15) is 10.8 Å². The van der Waals surface area contributed by atoms with Crippen molar-refractivity contribution in [2.45, 2.75) is 6.92 Å². The van der Waals surface area contributed by atoms with Crippen LogP contribution in [-0.4, -0.2) is 4.98 Å². The number of nitrogens with zero attached hydrogens (tertiary/aromatic N) is 1. The molecule has 2 heterocycles. The highest BCUT2D eigenvalue weighted by Crippen LogP contribution is 2.29. The maximum absolute atomic E-state index is 5.83. The molecule has 2 aromatic rings. The molecule has 0 saturated carbocycles. The minimum atomic E-state index is 0.459. The fraction of sp³-hybridized carbons (Fsp3) is 0.125. The van der Waals surface area contributed by atoms with Crippen LogP contribution >= 0.6 is 11.6 Å². The van der Waals surface area contributed by atoms with E-state index in [0.29, 0.717) is 16.4 Å². The van der Waals surface area contributed by atoms with Crippen molar-refractivity contribution in [3.8, 4) is 0 Å². The van der Waals surface area contributed by atoms with E-state index in [-0.39, 0.29) is 0 Å². The molecule has 4 heteroatoms. The Labute approximate surface area is 74.1 Å². The van der Waals surface area contributed by atoms with Crippen LogP contribution in [-0.2, 0) is 0 Å². The maximum Gasteiger partial charge on any atom is 0.157 e. The van der Waals surface area contributed by atoms with Gasteiger partial charge in [-0.25, -0.2) is 4.98 Å². The average molecular weight is 183 g/mol. The lowest BCUT2D eigenvalue weighted by Crippen LogP contribution is -1.90. The van der Waals surface area contributed by atoms with Crippen LogP contribution in [0.3, 0.4) is 0 Å². The van der Waals surface area contributed by atoms with Crippen molar-refractivity contribution in [1.29, 1.82) is 0 Å². The minimum Gasteiger partial charge on any atom is -0.462 e. The second-order valence-corrected chi connectivity index (χ2v) is 3.02. The second-order valence-electron chi connectivity index (χ2n) is 2.61. The molecule has 2 rings (SSSR count). The lowest BCUT2D eigenvalue weighted by Gasteiger charge is -1.95. The van der Waals surface area contributed by atoms with E-state index >= 15 is 0 Å². The van der Waals surface area contributed by atoms with E-state index in [1.54, 1.807) is 6.26 Å². The van der Waals surface area contributed by atoms with Gasteiger partial charge in [0, 0.05) is 0 Å². The molecule has 62 valence electrons. The van der Waals surface area contributed by atoms with Gasteiger partial charge in [0.15, 0.2) is 5.58 Å². The molecule has 2 aromatic heterocycles. The first kappa shape index (κ1) is 7.43. The Morgan fingerprint density at radius 1 is 1.58 bits per heavy atom. The largest absolute Gasteiger partial charge is 0.462 e. The van der Waals surface area contributed by atoms with Gasteiger partial charge in [-0.15, -0.1) is 0 Å². The van der Waals surface area contributed by atoms with E-state index < -0.39 is 0 Å². The van der Waals surface area contributed by atoms with Gasteiger partial charge in [0.05, 0.1) is 17.8 Å². The molecule has 0 spiro atoms. The standard InChI is InChI=1S/C8H7ClN2O/c1-4-3-12-7-5(9)2-11-8(10)6(4)7/h2-3H,1H3,(H2,10,11). The summed E-state index contributed by atoms with van der Waals surface area (Å²) in [6.07, 6.45) is 3.11. The molecule has 0 unspecified atom stereocenters. The van der Waals surface area contributed by atoms with E-state index in [0.717, 1.165) is 10.9 Å². The third-order valence-electron chi connectivity index (χ3n) is 1.76. The number of pyridine rings is 1.